The van der Waals surface area contributed by atoms with Gasteiger partial charge in [0, 0.05) is 25.8 Å². The standard InChI is InChI=1S/C18H22N4O4S/c1-25-15-2-4-16(5-3-15)27(23,24)22-7-6-14-12-19-18(20-17(14)13-22)21-8-10-26-11-9-21/h2-5,12H,6-11,13H2,1H3. The molecule has 0 N–H and O–H groups in total. The van der Waals surface area contributed by atoms with Crippen LogP contribution in [0.4, 0.5) is 5.95 Å². The van der Waals surface area contributed by atoms with E-state index in [2.05, 4.69) is 14.9 Å². The number of methoxy groups -OCH3 is 1. The Kier molecular flexibility index (Phi) is 4.98. The predicted octanol–water partition coefficient (Wildman–Crippen LogP) is 1.07. The van der Waals surface area contributed by atoms with Crippen LogP contribution in [-0.4, -0.2) is 62.6 Å². The second-order valence-electron chi connectivity index (χ2n) is 6.51. The number of rotatable bonds is 4. The van der Waals surface area contributed by atoms with E-state index in [1.807, 2.05) is 6.20 Å². The van der Waals surface area contributed by atoms with E-state index in [9.17, 15) is 8.42 Å². The van der Waals surface area contributed by atoms with E-state index < -0.39 is 10.0 Å². The molecule has 0 atom stereocenters. The Morgan fingerprint density at radius 2 is 1.85 bits per heavy atom. The molecule has 1 saturated heterocycles. The molecule has 0 amide bonds. The minimum Gasteiger partial charge on any atom is -0.497 e. The summed E-state index contributed by atoms with van der Waals surface area (Å²) in [6, 6.07) is 6.46. The lowest BCUT2D eigenvalue weighted by molar-refractivity contribution is 0.122. The highest BCUT2D eigenvalue weighted by Crippen LogP contribution is 2.26. The normalized spacial score (nSPS) is 18.2. The fourth-order valence-corrected chi connectivity index (χ4v) is 4.69. The zero-order valence-corrected chi connectivity index (χ0v) is 16.0. The minimum atomic E-state index is -3.58. The Morgan fingerprint density at radius 3 is 2.56 bits per heavy atom. The van der Waals surface area contributed by atoms with Gasteiger partial charge in [-0.05, 0) is 36.2 Å². The van der Waals surface area contributed by atoms with Gasteiger partial charge in [0.15, 0.2) is 0 Å². The third kappa shape index (κ3) is 3.62. The molecule has 0 radical (unpaired) electrons. The molecule has 2 aromatic rings. The monoisotopic (exact) mass is 390 g/mol. The largest absolute Gasteiger partial charge is 0.497 e. The molecule has 2 aliphatic rings. The molecule has 4 rings (SSSR count). The van der Waals surface area contributed by atoms with Gasteiger partial charge < -0.3 is 14.4 Å². The maximum absolute atomic E-state index is 13.0. The van der Waals surface area contributed by atoms with Gasteiger partial charge in [0.25, 0.3) is 0 Å². The summed E-state index contributed by atoms with van der Waals surface area (Å²) >= 11 is 0. The second kappa shape index (κ2) is 7.41. The molecule has 2 aliphatic heterocycles. The van der Waals surface area contributed by atoms with Crippen molar-refractivity contribution in [3.8, 4) is 5.75 Å². The van der Waals surface area contributed by atoms with Crippen LogP contribution in [0.1, 0.15) is 11.3 Å². The average Bonchev–Trinajstić information content (AvgIpc) is 2.73. The Morgan fingerprint density at radius 1 is 1.11 bits per heavy atom. The minimum absolute atomic E-state index is 0.254. The van der Waals surface area contributed by atoms with Gasteiger partial charge in [0.2, 0.25) is 16.0 Å². The van der Waals surface area contributed by atoms with Gasteiger partial charge in [-0.1, -0.05) is 0 Å². The molecule has 0 unspecified atom stereocenters. The van der Waals surface area contributed by atoms with Gasteiger partial charge in [0.1, 0.15) is 5.75 Å². The Labute approximate surface area is 158 Å². The molecular formula is C18H22N4O4S. The van der Waals surface area contributed by atoms with Crippen LogP contribution in [0.25, 0.3) is 0 Å². The van der Waals surface area contributed by atoms with Crippen molar-refractivity contribution in [1.29, 1.82) is 0 Å². The van der Waals surface area contributed by atoms with Gasteiger partial charge in [-0.15, -0.1) is 0 Å². The molecule has 1 aromatic heterocycles. The van der Waals surface area contributed by atoms with Crippen molar-refractivity contribution >= 4 is 16.0 Å². The predicted molar refractivity (Wildman–Crippen MR) is 99.4 cm³/mol. The van der Waals surface area contributed by atoms with Crippen molar-refractivity contribution < 1.29 is 17.9 Å². The summed E-state index contributed by atoms with van der Waals surface area (Å²) < 4.78 is 37.9. The average molecular weight is 390 g/mol. The number of sulfonamides is 1. The Balaban J connectivity index is 1.57. The summed E-state index contributed by atoms with van der Waals surface area (Å²) in [4.78, 5) is 11.4. The van der Waals surface area contributed by atoms with Crippen LogP contribution in [0, 0.1) is 0 Å². The molecule has 0 aliphatic carbocycles. The first-order valence-electron chi connectivity index (χ1n) is 8.89. The van der Waals surface area contributed by atoms with E-state index in [-0.39, 0.29) is 11.4 Å². The molecule has 27 heavy (non-hydrogen) atoms. The van der Waals surface area contributed by atoms with E-state index in [1.165, 1.54) is 4.31 Å². The van der Waals surface area contributed by atoms with Crippen LogP contribution in [0.15, 0.2) is 35.4 Å². The SMILES string of the molecule is COc1ccc(S(=O)(=O)N2CCc3cnc(N4CCOCC4)nc3C2)cc1. The van der Waals surface area contributed by atoms with E-state index in [0.29, 0.717) is 37.9 Å². The van der Waals surface area contributed by atoms with Crippen molar-refractivity contribution in [2.75, 3.05) is 44.9 Å². The van der Waals surface area contributed by atoms with Gasteiger partial charge in [-0.2, -0.15) is 4.31 Å². The molecule has 0 bridgehead atoms. The smallest absolute Gasteiger partial charge is 0.243 e. The molecular weight excluding hydrogens is 368 g/mol. The van der Waals surface area contributed by atoms with Gasteiger partial charge >= 0.3 is 0 Å². The first kappa shape index (κ1) is 18.1. The van der Waals surface area contributed by atoms with Crippen molar-refractivity contribution in [1.82, 2.24) is 14.3 Å². The zero-order valence-electron chi connectivity index (χ0n) is 15.2. The number of fused-ring (bicyclic) bond motifs is 1. The molecule has 1 aromatic carbocycles. The number of hydrogen-bond donors (Lipinski definition) is 0. The maximum atomic E-state index is 13.0. The summed E-state index contributed by atoms with van der Waals surface area (Å²) in [5.41, 5.74) is 1.78. The number of hydrogen-bond acceptors (Lipinski definition) is 7. The van der Waals surface area contributed by atoms with E-state index in [0.717, 1.165) is 24.3 Å². The summed E-state index contributed by atoms with van der Waals surface area (Å²) in [6.45, 7) is 3.46. The van der Waals surface area contributed by atoms with Crippen LogP contribution in [-0.2, 0) is 27.7 Å². The molecule has 0 saturated carbocycles. The van der Waals surface area contributed by atoms with Gasteiger partial charge in [0.05, 0.1) is 37.5 Å². The lowest BCUT2D eigenvalue weighted by Crippen LogP contribution is -2.39. The fraction of sp³-hybridized carbons (Fsp3) is 0.444. The molecule has 3 heterocycles. The molecule has 8 nitrogen and oxygen atoms in total. The van der Waals surface area contributed by atoms with Crippen molar-refractivity contribution in [3.05, 3.63) is 41.7 Å². The summed E-state index contributed by atoms with van der Waals surface area (Å²) in [5, 5.41) is 0. The topological polar surface area (TPSA) is 84.9 Å². The molecule has 0 spiro atoms. The first-order valence-corrected chi connectivity index (χ1v) is 10.3. The van der Waals surface area contributed by atoms with Crippen LogP contribution >= 0.6 is 0 Å². The van der Waals surface area contributed by atoms with Crippen molar-refractivity contribution in [2.45, 2.75) is 17.9 Å². The maximum Gasteiger partial charge on any atom is 0.243 e. The number of aromatic nitrogens is 2. The number of morpholine rings is 1. The Bertz CT molecular complexity index is 911. The first-order chi connectivity index (χ1) is 13.1. The number of anilines is 1. The fourth-order valence-electron chi connectivity index (χ4n) is 3.29. The second-order valence-corrected chi connectivity index (χ2v) is 8.44. The highest BCUT2D eigenvalue weighted by Gasteiger charge is 2.30. The van der Waals surface area contributed by atoms with Crippen LogP contribution in [0.2, 0.25) is 0 Å². The van der Waals surface area contributed by atoms with Crippen molar-refractivity contribution in [3.63, 3.8) is 0 Å². The van der Waals surface area contributed by atoms with E-state index >= 15 is 0 Å². The van der Waals surface area contributed by atoms with Crippen LogP contribution in [0.3, 0.4) is 0 Å². The van der Waals surface area contributed by atoms with Crippen molar-refractivity contribution in [2.24, 2.45) is 0 Å². The highest BCUT2D eigenvalue weighted by molar-refractivity contribution is 7.89. The highest BCUT2D eigenvalue weighted by atomic mass is 32.2. The lowest BCUT2D eigenvalue weighted by atomic mass is 10.1. The van der Waals surface area contributed by atoms with Crippen LogP contribution in [0.5, 0.6) is 5.75 Å². The zero-order chi connectivity index (χ0) is 18.9. The number of nitrogens with zero attached hydrogens (tertiary/aromatic N) is 4. The van der Waals surface area contributed by atoms with E-state index in [1.54, 1.807) is 31.4 Å². The number of ether oxygens (including phenoxy) is 2. The third-order valence-corrected chi connectivity index (χ3v) is 6.75. The summed E-state index contributed by atoms with van der Waals surface area (Å²) in [6.07, 6.45) is 2.43. The Hall–Kier alpha value is -2.23. The van der Waals surface area contributed by atoms with Crippen LogP contribution < -0.4 is 9.64 Å². The van der Waals surface area contributed by atoms with Gasteiger partial charge in [-0.25, -0.2) is 18.4 Å². The molecule has 144 valence electrons. The quantitative estimate of drug-likeness (QED) is 0.772. The van der Waals surface area contributed by atoms with E-state index in [4.69, 9.17) is 9.47 Å². The number of benzene rings is 1. The summed E-state index contributed by atoms with van der Waals surface area (Å²) in [7, 11) is -2.03. The molecule has 9 heteroatoms. The lowest BCUT2D eigenvalue weighted by Gasteiger charge is -2.30. The summed E-state index contributed by atoms with van der Waals surface area (Å²) in [5.74, 6) is 1.27. The third-order valence-electron chi connectivity index (χ3n) is 4.89. The van der Waals surface area contributed by atoms with Gasteiger partial charge in [-0.3, -0.25) is 0 Å². The molecule has 1 fully saturated rings.